The van der Waals surface area contributed by atoms with Crippen LogP contribution in [0.15, 0.2) is 11.6 Å². The van der Waals surface area contributed by atoms with E-state index in [1.54, 1.807) is 29.3 Å². The molecule has 0 fully saturated rings. The molecule has 1 aromatic rings. The van der Waals surface area contributed by atoms with Crippen molar-refractivity contribution in [3.63, 3.8) is 0 Å². The Morgan fingerprint density at radius 1 is 1.75 bits per heavy atom. The molecule has 0 bridgehead atoms. The summed E-state index contributed by atoms with van der Waals surface area (Å²) in [6.07, 6.45) is 2.24. The summed E-state index contributed by atoms with van der Waals surface area (Å²) in [7, 11) is 0. The molecule has 0 N–H and O–H groups in total. The van der Waals surface area contributed by atoms with Crippen molar-refractivity contribution in [2.75, 3.05) is 11.5 Å². The van der Waals surface area contributed by atoms with Gasteiger partial charge in [-0.25, -0.2) is 4.98 Å². The van der Waals surface area contributed by atoms with Gasteiger partial charge in [-0.15, -0.1) is 11.3 Å². The molecule has 12 heavy (non-hydrogen) atoms. The minimum absolute atomic E-state index is 0.275. The Bertz CT molecular complexity index is 233. The van der Waals surface area contributed by atoms with E-state index < -0.39 is 0 Å². The van der Waals surface area contributed by atoms with Crippen LogP contribution in [0.3, 0.4) is 0 Å². The molecular weight excluding hydrogens is 190 g/mol. The number of rotatable bonds is 5. The number of hydrogen-bond donors (Lipinski definition) is 0. The summed E-state index contributed by atoms with van der Waals surface area (Å²) in [5.74, 6) is 1.90. The zero-order valence-electron chi connectivity index (χ0n) is 6.95. The van der Waals surface area contributed by atoms with Crippen LogP contribution in [0.1, 0.15) is 11.9 Å². The maximum Gasteiger partial charge on any atom is 0.149 e. The molecular formula is C8H11NOS2. The number of thioether (sulfide) groups is 1. The van der Waals surface area contributed by atoms with E-state index in [4.69, 9.17) is 0 Å². The zero-order valence-corrected chi connectivity index (χ0v) is 8.58. The second kappa shape index (κ2) is 5.32. The predicted octanol–water partition coefficient (Wildman–Crippen LogP) is 2.01. The summed E-state index contributed by atoms with van der Waals surface area (Å²) in [4.78, 5) is 15.3. The van der Waals surface area contributed by atoms with Gasteiger partial charge < -0.3 is 0 Å². The Morgan fingerprint density at radius 3 is 3.17 bits per heavy atom. The van der Waals surface area contributed by atoms with Crippen molar-refractivity contribution < 1.29 is 4.79 Å². The molecule has 0 radical (unpaired) electrons. The second-order valence-corrected chi connectivity index (χ2v) is 4.53. The maximum absolute atomic E-state index is 11.2. The van der Waals surface area contributed by atoms with E-state index in [-0.39, 0.29) is 5.78 Å². The van der Waals surface area contributed by atoms with Crippen LogP contribution in [-0.2, 0) is 11.2 Å². The van der Waals surface area contributed by atoms with Gasteiger partial charge in [-0.05, 0) is 5.75 Å². The summed E-state index contributed by atoms with van der Waals surface area (Å²) < 4.78 is 0. The number of Topliss-reactive ketones (excluding diaryl/α,β-unsaturated/α-hetero) is 1. The molecule has 0 saturated heterocycles. The topological polar surface area (TPSA) is 30.0 Å². The third-order valence-corrected chi connectivity index (χ3v) is 3.01. The van der Waals surface area contributed by atoms with Crippen molar-refractivity contribution in [3.05, 3.63) is 16.6 Å². The average molecular weight is 201 g/mol. The molecule has 0 aliphatic carbocycles. The lowest BCUT2D eigenvalue weighted by Crippen LogP contribution is -2.05. The van der Waals surface area contributed by atoms with Gasteiger partial charge in [-0.2, -0.15) is 11.8 Å². The van der Waals surface area contributed by atoms with Gasteiger partial charge in [0.15, 0.2) is 0 Å². The number of carbonyl (C=O) groups is 1. The van der Waals surface area contributed by atoms with E-state index in [2.05, 4.69) is 11.9 Å². The van der Waals surface area contributed by atoms with E-state index >= 15 is 0 Å². The highest BCUT2D eigenvalue weighted by molar-refractivity contribution is 7.99. The number of thiazole rings is 1. The SMILES string of the molecule is CCSCC(=O)Cc1nccs1. The summed E-state index contributed by atoms with van der Waals surface area (Å²) in [6, 6.07) is 0. The minimum Gasteiger partial charge on any atom is -0.298 e. The van der Waals surface area contributed by atoms with E-state index in [9.17, 15) is 4.79 Å². The van der Waals surface area contributed by atoms with Crippen molar-refractivity contribution in [1.82, 2.24) is 4.98 Å². The number of aromatic nitrogens is 1. The highest BCUT2D eigenvalue weighted by Crippen LogP contribution is 2.07. The Balaban J connectivity index is 2.27. The fourth-order valence-electron chi connectivity index (χ4n) is 0.776. The lowest BCUT2D eigenvalue weighted by molar-refractivity contribution is -0.116. The third kappa shape index (κ3) is 3.36. The fourth-order valence-corrected chi connectivity index (χ4v) is 1.95. The maximum atomic E-state index is 11.2. The van der Waals surface area contributed by atoms with Crippen molar-refractivity contribution in [1.29, 1.82) is 0 Å². The van der Waals surface area contributed by atoms with Crippen LogP contribution >= 0.6 is 23.1 Å². The second-order valence-electron chi connectivity index (χ2n) is 2.28. The lowest BCUT2D eigenvalue weighted by atomic mass is 10.3. The highest BCUT2D eigenvalue weighted by Gasteiger charge is 2.04. The Labute approximate surface area is 80.4 Å². The summed E-state index contributed by atoms with van der Waals surface area (Å²) >= 11 is 3.21. The van der Waals surface area contributed by atoms with Gasteiger partial charge in [-0.3, -0.25) is 4.79 Å². The molecule has 0 amide bonds. The van der Waals surface area contributed by atoms with E-state index in [0.717, 1.165) is 10.8 Å². The number of nitrogens with zero attached hydrogens (tertiary/aromatic N) is 1. The van der Waals surface area contributed by atoms with Crippen LogP contribution in [0.25, 0.3) is 0 Å². The zero-order chi connectivity index (χ0) is 8.81. The number of hydrogen-bond acceptors (Lipinski definition) is 4. The van der Waals surface area contributed by atoms with E-state index in [1.165, 1.54) is 0 Å². The van der Waals surface area contributed by atoms with Gasteiger partial charge in [0.05, 0.1) is 17.2 Å². The molecule has 0 aliphatic heterocycles. The van der Waals surface area contributed by atoms with Crippen LogP contribution in [0.2, 0.25) is 0 Å². The van der Waals surface area contributed by atoms with Gasteiger partial charge in [0, 0.05) is 11.6 Å². The standard InChI is InChI=1S/C8H11NOS2/c1-2-11-6-7(10)5-8-9-3-4-12-8/h3-4H,2,5-6H2,1H3. The molecule has 0 atom stereocenters. The molecule has 2 nitrogen and oxygen atoms in total. The first-order valence-corrected chi connectivity index (χ1v) is 5.84. The van der Waals surface area contributed by atoms with Gasteiger partial charge in [0.1, 0.15) is 5.78 Å². The van der Waals surface area contributed by atoms with Crippen molar-refractivity contribution in [3.8, 4) is 0 Å². The van der Waals surface area contributed by atoms with E-state index in [1.807, 2.05) is 5.38 Å². The molecule has 0 saturated carbocycles. The molecule has 1 aromatic heterocycles. The summed E-state index contributed by atoms with van der Waals surface area (Å²) in [6.45, 7) is 2.06. The normalized spacial score (nSPS) is 10.1. The molecule has 0 aliphatic rings. The Morgan fingerprint density at radius 2 is 2.58 bits per heavy atom. The molecule has 0 spiro atoms. The largest absolute Gasteiger partial charge is 0.298 e. The van der Waals surface area contributed by atoms with Crippen LogP contribution in [-0.4, -0.2) is 22.3 Å². The smallest absolute Gasteiger partial charge is 0.149 e. The van der Waals surface area contributed by atoms with Gasteiger partial charge in [-0.1, -0.05) is 6.92 Å². The van der Waals surface area contributed by atoms with E-state index in [0.29, 0.717) is 12.2 Å². The monoisotopic (exact) mass is 201 g/mol. The van der Waals surface area contributed by atoms with Gasteiger partial charge >= 0.3 is 0 Å². The molecule has 1 heterocycles. The molecule has 0 unspecified atom stereocenters. The average Bonchev–Trinajstić information content (AvgIpc) is 2.53. The molecule has 4 heteroatoms. The predicted molar refractivity (Wildman–Crippen MR) is 53.8 cm³/mol. The van der Waals surface area contributed by atoms with Crippen molar-refractivity contribution in [2.45, 2.75) is 13.3 Å². The van der Waals surface area contributed by atoms with Gasteiger partial charge in [0.25, 0.3) is 0 Å². The highest BCUT2D eigenvalue weighted by atomic mass is 32.2. The van der Waals surface area contributed by atoms with Crippen LogP contribution in [0, 0.1) is 0 Å². The number of carbonyl (C=O) groups excluding carboxylic acids is 1. The fraction of sp³-hybridized carbons (Fsp3) is 0.500. The molecule has 0 aromatic carbocycles. The van der Waals surface area contributed by atoms with Crippen LogP contribution in [0.4, 0.5) is 0 Å². The minimum atomic E-state index is 0.275. The Kier molecular flexibility index (Phi) is 4.32. The quantitative estimate of drug-likeness (QED) is 0.730. The third-order valence-electron chi connectivity index (χ3n) is 1.30. The lowest BCUT2D eigenvalue weighted by Gasteiger charge is -1.95. The summed E-state index contributed by atoms with van der Waals surface area (Å²) in [5.41, 5.74) is 0. The van der Waals surface area contributed by atoms with Crippen molar-refractivity contribution in [2.24, 2.45) is 0 Å². The first-order chi connectivity index (χ1) is 5.83. The van der Waals surface area contributed by atoms with Crippen LogP contribution < -0.4 is 0 Å². The van der Waals surface area contributed by atoms with Crippen molar-refractivity contribution >= 4 is 28.9 Å². The summed E-state index contributed by atoms with van der Waals surface area (Å²) in [5, 5.41) is 2.83. The van der Waals surface area contributed by atoms with Gasteiger partial charge in [0.2, 0.25) is 0 Å². The van der Waals surface area contributed by atoms with Crippen LogP contribution in [0.5, 0.6) is 0 Å². The molecule has 66 valence electrons. The Hall–Kier alpha value is -0.350. The number of ketones is 1. The first-order valence-electron chi connectivity index (χ1n) is 3.80. The molecule has 1 rings (SSSR count). The first kappa shape index (κ1) is 9.74.